The lowest BCUT2D eigenvalue weighted by molar-refractivity contribution is 0.292. The van der Waals surface area contributed by atoms with E-state index in [4.69, 9.17) is 9.47 Å². The summed E-state index contributed by atoms with van der Waals surface area (Å²) >= 11 is 6.93. The van der Waals surface area contributed by atoms with Crippen LogP contribution in [0.1, 0.15) is 63.9 Å². The molecule has 0 bridgehead atoms. The minimum Gasteiger partial charge on any atom is -0.493 e. The van der Waals surface area contributed by atoms with E-state index in [2.05, 4.69) is 57.0 Å². The molecule has 24 heavy (non-hydrogen) atoms. The molecule has 0 saturated heterocycles. The fourth-order valence-corrected chi connectivity index (χ4v) is 3.27. The second-order valence-corrected chi connectivity index (χ2v) is 7.66. The fraction of sp³-hybridized carbons (Fsp3) is 0.700. The standard InChI is InChI=1S/C20H32Br2O2/c1-2-3-4-5-10-18-11-12-19(23-15-8-6-13-21)17-20(18)24-16-9-7-14-22/h11-12,17H,2-10,13-16H2,1H3. The summed E-state index contributed by atoms with van der Waals surface area (Å²) < 4.78 is 11.9. The van der Waals surface area contributed by atoms with Crippen LogP contribution in [0.4, 0.5) is 0 Å². The topological polar surface area (TPSA) is 18.5 Å². The number of hydrogen-bond donors (Lipinski definition) is 0. The first-order valence-electron chi connectivity index (χ1n) is 9.32. The Morgan fingerprint density at radius 2 is 1.50 bits per heavy atom. The van der Waals surface area contributed by atoms with Gasteiger partial charge in [0, 0.05) is 16.7 Å². The lowest BCUT2D eigenvalue weighted by atomic mass is 10.1. The van der Waals surface area contributed by atoms with Crippen LogP contribution in [0.15, 0.2) is 18.2 Å². The van der Waals surface area contributed by atoms with E-state index in [0.29, 0.717) is 0 Å². The van der Waals surface area contributed by atoms with Crippen LogP contribution in [0.5, 0.6) is 11.5 Å². The molecule has 0 saturated carbocycles. The molecule has 1 aromatic rings. The Bertz CT molecular complexity index is 424. The normalized spacial score (nSPS) is 10.8. The lowest BCUT2D eigenvalue weighted by Gasteiger charge is -2.14. The van der Waals surface area contributed by atoms with Gasteiger partial charge < -0.3 is 9.47 Å². The van der Waals surface area contributed by atoms with Gasteiger partial charge >= 0.3 is 0 Å². The maximum atomic E-state index is 6.06. The largest absolute Gasteiger partial charge is 0.493 e. The molecule has 0 aliphatic heterocycles. The average Bonchev–Trinajstić information content (AvgIpc) is 2.60. The van der Waals surface area contributed by atoms with Gasteiger partial charge in [0.1, 0.15) is 11.5 Å². The minimum absolute atomic E-state index is 0.768. The molecule has 138 valence electrons. The highest BCUT2D eigenvalue weighted by atomic mass is 79.9. The Balaban J connectivity index is 2.58. The number of hydrogen-bond acceptors (Lipinski definition) is 2. The van der Waals surface area contributed by atoms with Crippen molar-refractivity contribution in [3.8, 4) is 11.5 Å². The average molecular weight is 464 g/mol. The number of benzene rings is 1. The van der Waals surface area contributed by atoms with Gasteiger partial charge in [-0.25, -0.2) is 0 Å². The van der Waals surface area contributed by atoms with Crippen LogP contribution >= 0.6 is 31.9 Å². The van der Waals surface area contributed by atoms with Crippen molar-refractivity contribution in [1.29, 1.82) is 0 Å². The molecule has 0 radical (unpaired) electrons. The van der Waals surface area contributed by atoms with E-state index in [1.807, 2.05) is 0 Å². The van der Waals surface area contributed by atoms with E-state index in [9.17, 15) is 0 Å². The first kappa shape index (κ1) is 21.8. The third-order valence-electron chi connectivity index (χ3n) is 3.92. The molecule has 1 aromatic carbocycles. The second kappa shape index (κ2) is 15.1. The molecule has 0 fully saturated rings. The van der Waals surface area contributed by atoms with Crippen molar-refractivity contribution in [1.82, 2.24) is 0 Å². The third kappa shape index (κ3) is 9.93. The molecule has 0 aromatic heterocycles. The van der Waals surface area contributed by atoms with Crippen LogP contribution in [-0.4, -0.2) is 23.9 Å². The molecule has 0 atom stereocenters. The molecule has 4 heteroatoms. The zero-order valence-corrected chi connectivity index (χ0v) is 18.2. The van der Waals surface area contributed by atoms with Gasteiger partial charge in [-0.3, -0.25) is 0 Å². The number of aryl methyl sites for hydroxylation is 1. The summed E-state index contributed by atoms with van der Waals surface area (Å²) in [5, 5.41) is 2.08. The molecule has 0 heterocycles. The summed E-state index contributed by atoms with van der Waals surface area (Å²) in [5.41, 5.74) is 1.32. The fourth-order valence-electron chi connectivity index (χ4n) is 2.47. The van der Waals surface area contributed by atoms with Gasteiger partial charge in [-0.05, 0) is 50.2 Å². The van der Waals surface area contributed by atoms with Gasteiger partial charge in [-0.15, -0.1) is 0 Å². The predicted molar refractivity (Wildman–Crippen MR) is 111 cm³/mol. The van der Waals surface area contributed by atoms with Crippen LogP contribution in [-0.2, 0) is 6.42 Å². The van der Waals surface area contributed by atoms with Crippen molar-refractivity contribution in [2.24, 2.45) is 0 Å². The van der Waals surface area contributed by atoms with E-state index in [1.165, 1.54) is 31.2 Å². The smallest absolute Gasteiger partial charge is 0.126 e. The van der Waals surface area contributed by atoms with E-state index >= 15 is 0 Å². The number of halogens is 2. The zero-order chi connectivity index (χ0) is 17.5. The molecule has 0 spiro atoms. The predicted octanol–water partition coefficient (Wildman–Crippen LogP) is 6.92. The molecule has 0 unspecified atom stereocenters. The van der Waals surface area contributed by atoms with Crippen molar-refractivity contribution < 1.29 is 9.47 Å². The highest BCUT2D eigenvalue weighted by Crippen LogP contribution is 2.27. The van der Waals surface area contributed by atoms with E-state index in [1.54, 1.807) is 0 Å². The van der Waals surface area contributed by atoms with Gasteiger partial charge in [0.25, 0.3) is 0 Å². The molecule has 1 rings (SSSR count). The van der Waals surface area contributed by atoms with Crippen molar-refractivity contribution >= 4 is 31.9 Å². The molecule has 0 N–H and O–H groups in total. The Morgan fingerprint density at radius 3 is 2.17 bits per heavy atom. The molecular weight excluding hydrogens is 432 g/mol. The molecule has 0 aliphatic carbocycles. The summed E-state index contributed by atoms with van der Waals surface area (Å²) in [6, 6.07) is 6.36. The van der Waals surface area contributed by atoms with Gasteiger partial charge in [0.15, 0.2) is 0 Å². The monoisotopic (exact) mass is 462 g/mol. The second-order valence-electron chi connectivity index (χ2n) is 6.07. The summed E-state index contributed by atoms with van der Waals surface area (Å²) in [7, 11) is 0. The summed E-state index contributed by atoms with van der Waals surface area (Å²) in [6.07, 6.45) is 10.7. The van der Waals surface area contributed by atoms with Crippen LogP contribution < -0.4 is 9.47 Å². The molecular formula is C20H32Br2O2. The van der Waals surface area contributed by atoms with Crippen molar-refractivity contribution in [2.75, 3.05) is 23.9 Å². The molecule has 0 amide bonds. The van der Waals surface area contributed by atoms with Crippen LogP contribution in [0.25, 0.3) is 0 Å². The first-order valence-corrected chi connectivity index (χ1v) is 11.6. The van der Waals surface area contributed by atoms with Crippen LogP contribution in [0.3, 0.4) is 0 Å². The number of ether oxygens (including phenoxy) is 2. The maximum Gasteiger partial charge on any atom is 0.126 e. The van der Waals surface area contributed by atoms with Crippen LogP contribution in [0.2, 0.25) is 0 Å². The van der Waals surface area contributed by atoms with Crippen molar-refractivity contribution in [2.45, 2.75) is 64.7 Å². The van der Waals surface area contributed by atoms with E-state index in [-0.39, 0.29) is 0 Å². The van der Waals surface area contributed by atoms with E-state index < -0.39 is 0 Å². The van der Waals surface area contributed by atoms with Gasteiger partial charge in [0.2, 0.25) is 0 Å². The number of rotatable bonds is 15. The van der Waals surface area contributed by atoms with Crippen molar-refractivity contribution in [3.05, 3.63) is 23.8 Å². The Morgan fingerprint density at radius 1 is 0.792 bits per heavy atom. The first-order chi connectivity index (χ1) is 11.8. The van der Waals surface area contributed by atoms with Crippen molar-refractivity contribution in [3.63, 3.8) is 0 Å². The highest BCUT2D eigenvalue weighted by molar-refractivity contribution is 9.09. The van der Waals surface area contributed by atoms with E-state index in [0.717, 1.165) is 67.5 Å². The zero-order valence-electron chi connectivity index (χ0n) is 15.0. The minimum atomic E-state index is 0.768. The number of alkyl halides is 2. The lowest BCUT2D eigenvalue weighted by Crippen LogP contribution is -2.03. The summed E-state index contributed by atoms with van der Waals surface area (Å²) in [4.78, 5) is 0. The van der Waals surface area contributed by atoms with Crippen LogP contribution in [0, 0.1) is 0 Å². The van der Waals surface area contributed by atoms with Gasteiger partial charge in [-0.2, -0.15) is 0 Å². The molecule has 2 nitrogen and oxygen atoms in total. The maximum absolute atomic E-state index is 6.06. The Kier molecular flexibility index (Phi) is 13.7. The quantitative estimate of drug-likeness (QED) is 0.207. The highest BCUT2D eigenvalue weighted by Gasteiger charge is 2.07. The Hall–Kier alpha value is -0.220. The molecule has 0 aliphatic rings. The SMILES string of the molecule is CCCCCCc1ccc(OCCCCBr)cc1OCCCCBr. The third-order valence-corrected chi connectivity index (χ3v) is 5.04. The van der Waals surface area contributed by atoms with Gasteiger partial charge in [-0.1, -0.05) is 64.1 Å². The summed E-state index contributed by atoms with van der Waals surface area (Å²) in [5.74, 6) is 1.94. The Labute approximate surface area is 165 Å². The summed E-state index contributed by atoms with van der Waals surface area (Å²) in [6.45, 7) is 3.80. The van der Waals surface area contributed by atoms with Gasteiger partial charge in [0.05, 0.1) is 13.2 Å². The number of unbranched alkanes of at least 4 members (excludes halogenated alkanes) is 5.